The van der Waals surface area contributed by atoms with Gasteiger partial charge < -0.3 is 10.1 Å². The first kappa shape index (κ1) is 21.1. The van der Waals surface area contributed by atoms with Crippen LogP contribution in [0.15, 0.2) is 79.0 Å². The highest BCUT2D eigenvalue weighted by Gasteiger charge is 2.28. The van der Waals surface area contributed by atoms with E-state index in [0.717, 1.165) is 16.5 Å². The van der Waals surface area contributed by atoms with Gasteiger partial charge in [0.1, 0.15) is 6.61 Å². The molecule has 0 atom stereocenters. The Balaban J connectivity index is 1.14. The fourth-order valence-electron chi connectivity index (χ4n) is 4.23. The van der Waals surface area contributed by atoms with Gasteiger partial charge in [-0.15, -0.1) is 0 Å². The summed E-state index contributed by atoms with van der Waals surface area (Å²) in [6.07, 6.45) is 1.77. The highest BCUT2D eigenvalue weighted by atomic mass is 35.5. The van der Waals surface area contributed by atoms with Crippen LogP contribution in [-0.4, -0.2) is 24.2 Å². The van der Waals surface area contributed by atoms with E-state index >= 15 is 0 Å². The number of fused-ring (bicyclic) bond motifs is 4. The number of alkyl carbamates (subject to hydrolysis) is 1. The molecule has 0 aliphatic heterocycles. The molecule has 1 heterocycles. The van der Waals surface area contributed by atoms with E-state index in [4.69, 9.17) is 16.3 Å². The predicted octanol–water partition coefficient (Wildman–Crippen LogP) is 6.17. The molecule has 5 heteroatoms. The third-order valence-electron chi connectivity index (χ3n) is 5.79. The Hall–Kier alpha value is -3.81. The number of nitrogens with zero attached hydrogens (tertiary/aromatic N) is 1. The maximum Gasteiger partial charge on any atom is 0.407 e. The van der Waals surface area contributed by atoms with Crippen LogP contribution < -0.4 is 5.32 Å². The van der Waals surface area contributed by atoms with Crippen molar-refractivity contribution in [2.75, 3.05) is 13.2 Å². The fourth-order valence-corrected chi connectivity index (χ4v) is 4.45. The van der Waals surface area contributed by atoms with Crippen LogP contribution in [-0.2, 0) is 4.74 Å². The van der Waals surface area contributed by atoms with Gasteiger partial charge in [0, 0.05) is 36.0 Å². The number of amides is 1. The van der Waals surface area contributed by atoms with E-state index in [2.05, 4.69) is 46.4 Å². The Labute approximate surface area is 197 Å². The van der Waals surface area contributed by atoms with Crippen molar-refractivity contribution in [3.63, 3.8) is 0 Å². The zero-order chi connectivity index (χ0) is 22.6. The number of benzene rings is 3. The summed E-state index contributed by atoms with van der Waals surface area (Å²) in [6.45, 7) is 0.722. The lowest BCUT2D eigenvalue weighted by Crippen LogP contribution is -2.26. The summed E-state index contributed by atoms with van der Waals surface area (Å²) in [6, 6.07) is 24.1. The summed E-state index contributed by atoms with van der Waals surface area (Å²) in [5.41, 5.74) is 6.49. The van der Waals surface area contributed by atoms with E-state index in [1.165, 1.54) is 22.3 Å². The zero-order valence-electron chi connectivity index (χ0n) is 17.8. The van der Waals surface area contributed by atoms with E-state index in [9.17, 15) is 4.79 Å². The van der Waals surface area contributed by atoms with Crippen LogP contribution >= 0.6 is 11.6 Å². The van der Waals surface area contributed by atoms with E-state index in [-0.39, 0.29) is 5.92 Å². The average Bonchev–Trinajstić information content (AvgIpc) is 3.16. The SMILES string of the molecule is O=C(NCCC#Cc1ccc2c(Cl)ccnc2c1)OCC1c2ccccc2-c2ccccc21. The molecule has 5 rings (SSSR count). The van der Waals surface area contributed by atoms with Gasteiger partial charge in [-0.05, 0) is 40.5 Å². The highest BCUT2D eigenvalue weighted by molar-refractivity contribution is 6.35. The lowest BCUT2D eigenvalue weighted by molar-refractivity contribution is 0.143. The van der Waals surface area contributed by atoms with Crippen molar-refractivity contribution >= 4 is 28.6 Å². The normalized spacial score (nSPS) is 11.9. The molecular formula is C28H21ClN2O2. The van der Waals surface area contributed by atoms with Crippen LogP contribution in [0.2, 0.25) is 5.02 Å². The monoisotopic (exact) mass is 452 g/mol. The molecule has 33 heavy (non-hydrogen) atoms. The molecule has 3 aromatic carbocycles. The fraction of sp³-hybridized carbons (Fsp3) is 0.143. The number of halogens is 1. The van der Waals surface area contributed by atoms with Crippen LogP contribution in [0.5, 0.6) is 0 Å². The summed E-state index contributed by atoms with van der Waals surface area (Å²) in [5.74, 6) is 6.24. The predicted molar refractivity (Wildman–Crippen MR) is 131 cm³/mol. The molecule has 1 aliphatic rings. The van der Waals surface area contributed by atoms with Crippen LogP contribution in [0.4, 0.5) is 4.79 Å². The highest BCUT2D eigenvalue weighted by Crippen LogP contribution is 2.44. The molecule has 0 saturated carbocycles. The molecule has 162 valence electrons. The standard InChI is InChI=1S/C28H21ClN2O2/c29-26-14-16-30-27-17-19(12-13-24(26)27)7-5-6-15-31-28(32)33-18-25-22-10-3-1-8-20(22)21-9-2-4-11-23(21)25/h1-4,8-14,16-17,25H,6,15,18H2,(H,31,32). The van der Waals surface area contributed by atoms with Gasteiger partial charge in [0.05, 0.1) is 10.5 Å². The quantitative estimate of drug-likeness (QED) is 0.297. The summed E-state index contributed by atoms with van der Waals surface area (Å²) >= 11 is 6.17. The summed E-state index contributed by atoms with van der Waals surface area (Å²) in [4.78, 5) is 16.6. The Morgan fingerprint density at radius 3 is 2.48 bits per heavy atom. The van der Waals surface area contributed by atoms with Crippen molar-refractivity contribution < 1.29 is 9.53 Å². The molecule has 0 unspecified atom stereocenters. The van der Waals surface area contributed by atoms with Gasteiger partial charge in [-0.3, -0.25) is 4.98 Å². The van der Waals surface area contributed by atoms with Gasteiger partial charge >= 0.3 is 6.09 Å². The number of hydrogen-bond donors (Lipinski definition) is 1. The minimum atomic E-state index is -0.428. The topological polar surface area (TPSA) is 51.2 Å². The van der Waals surface area contributed by atoms with E-state index in [1.807, 2.05) is 42.5 Å². The van der Waals surface area contributed by atoms with Gasteiger partial charge in [-0.25, -0.2) is 4.79 Å². The summed E-state index contributed by atoms with van der Waals surface area (Å²) in [7, 11) is 0. The number of rotatable bonds is 4. The van der Waals surface area contributed by atoms with Crippen LogP contribution in [0, 0.1) is 11.8 Å². The minimum Gasteiger partial charge on any atom is -0.449 e. The second kappa shape index (κ2) is 9.36. The van der Waals surface area contributed by atoms with Crippen molar-refractivity contribution in [3.05, 3.63) is 101 Å². The van der Waals surface area contributed by atoms with Crippen LogP contribution in [0.25, 0.3) is 22.0 Å². The van der Waals surface area contributed by atoms with E-state index < -0.39 is 6.09 Å². The Morgan fingerprint density at radius 1 is 1.00 bits per heavy atom. The molecule has 4 aromatic rings. The number of aromatic nitrogens is 1. The first-order valence-corrected chi connectivity index (χ1v) is 11.2. The second-order valence-corrected chi connectivity index (χ2v) is 8.24. The molecule has 0 bridgehead atoms. The van der Waals surface area contributed by atoms with E-state index in [1.54, 1.807) is 12.3 Å². The minimum absolute atomic E-state index is 0.0537. The number of carbonyl (C=O) groups excluding carboxylic acids is 1. The van der Waals surface area contributed by atoms with Gasteiger partial charge in [0.15, 0.2) is 0 Å². The molecule has 0 spiro atoms. The number of carbonyl (C=O) groups is 1. The van der Waals surface area contributed by atoms with E-state index in [0.29, 0.717) is 24.6 Å². The Morgan fingerprint density at radius 2 is 1.73 bits per heavy atom. The first-order valence-electron chi connectivity index (χ1n) is 10.8. The largest absolute Gasteiger partial charge is 0.449 e. The van der Waals surface area contributed by atoms with Gasteiger partial charge in [-0.2, -0.15) is 0 Å². The molecular weight excluding hydrogens is 432 g/mol. The van der Waals surface area contributed by atoms with Crippen LogP contribution in [0.1, 0.15) is 29.0 Å². The van der Waals surface area contributed by atoms with Crippen molar-refractivity contribution in [1.29, 1.82) is 0 Å². The van der Waals surface area contributed by atoms with Crippen molar-refractivity contribution in [2.45, 2.75) is 12.3 Å². The maximum absolute atomic E-state index is 12.2. The third kappa shape index (κ3) is 4.41. The van der Waals surface area contributed by atoms with Gasteiger partial charge in [0.25, 0.3) is 0 Å². The summed E-state index contributed by atoms with van der Waals surface area (Å²) in [5, 5.41) is 4.36. The average molecular weight is 453 g/mol. The number of ether oxygens (including phenoxy) is 1. The lowest BCUT2D eigenvalue weighted by Gasteiger charge is -2.14. The molecule has 1 aliphatic carbocycles. The Kier molecular flexibility index (Phi) is 5.97. The first-order chi connectivity index (χ1) is 16.2. The molecule has 1 aromatic heterocycles. The van der Waals surface area contributed by atoms with Crippen molar-refractivity contribution in [2.24, 2.45) is 0 Å². The number of hydrogen-bond acceptors (Lipinski definition) is 3. The third-order valence-corrected chi connectivity index (χ3v) is 6.11. The lowest BCUT2D eigenvalue weighted by atomic mass is 9.98. The molecule has 0 fully saturated rings. The van der Waals surface area contributed by atoms with Gasteiger partial charge in [-0.1, -0.05) is 78.0 Å². The second-order valence-electron chi connectivity index (χ2n) is 7.83. The van der Waals surface area contributed by atoms with Gasteiger partial charge in [0.2, 0.25) is 0 Å². The molecule has 0 radical (unpaired) electrons. The maximum atomic E-state index is 12.2. The molecule has 1 N–H and O–H groups in total. The van der Waals surface area contributed by atoms with Crippen molar-refractivity contribution in [3.8, 4) is 23.0 Å². The molecule has 4 nitrogen and oxygen atoms in total. The summed E-state index contributed by atoms with van der Waals surface area (Å²) < 4.78 is 5.54. The number of pyridine rings is 1. The molecule has 0 saturated heterocycles. The Bertz CT molecular complexity index is 1360. The number of nitrogens with one attached hydrogen (secondary N) is 1. The van der Waals surface area contributed by atoms with Crippen LogP contribution in [0.3, 0.4) is 0 Å². The van der Waals surface area contributed by atoms with Crippen molar-refractivity contribution in [1.82, 2.24) is 10.3 Å². The zero-order valence-corrected chi connectivity index (χ0v) is 18.6. The smallest absolute Gasteiger partial charge is 0.407 e. The molecule has 1 amide bonds.